The second-order valence-corrected chi connectivity index (χ2v) is 53.7. The van der Waals surface area contributed by atoms with Crippen molar-refractivity contribution < 1.29 is 0 Å². The second-order valence-electron chi connectivity index (χ2n) is 50.8. The van der Waals surface area contributed by atoms with E-state index in [0.29, 0.717) is 15.1 Å². The fraction of sp³-hybridized carbons (Fsp3) is 0.348. The summed E-state index contributed by atoms with van der Waals surface area (Å²) in [6, 6.07) is 104. The van der Waals surface area contributed by atoms with E-state index in [1.54, 1.807) is 22.7 Å². The number of hydrogen-bond donors (Lipinski definition) is 0. The van der Waals surface area contributed by atoms with Crippen molar-refractivity contribution in [1.29, 1.82) is 0 Å². The van der Waals surface area contributed by atoms with Crippen LogP contribution in [0.3, 0.4) is 0 Å². The Balaban J connectivity index is 0.000000191. The van der Waals surface area contributed by atoms with Crippen LogP contribution in [0.2, 0.25) is 15.1 Å². The molecule has 0 saturated carbocycles. The summed E-state index contributed by atoms with van der Waals surface area (Å²) in [4.78, 5) is 11.9. The van der Waals surface area contributed by atoms with Crippen LogP contribution in [0.15, 0.2) is 290 Å². The third-order valence-corrected chi connectivity index (χ3v) is 31.3. The maximum atomic E-state index is 8.15. The lowest BCUT2D eigenvalue weighted by atomic mass is 9.84. The topological polar surface area (TPSA) is 16.2 Å². The van der Waals surface area contributed by atoms with Crippen molar-refractivity contribution in [3.63, 3.8) is 0 Å². The Hall–Kier alpha value is -11.1. The largest absolute Gasteiger partial charge is 0.310 e. The summed E-state index contributed by atoms with van der Waals surface area (Å²) in [5.74, 6) is 0. The van der Waals surface area contributed by atoms with Crippen LogP contribution in [0.5, 0.6) is 0 Å². The lowest BCUT2D eigenvalue weighted by molar-refractivity contribution is 0.589. The van der Waals surface area contributed by atoms with Gasteiger partial charge in [0, 0.05) is 76.4 Å². The van der Waals surface area contributed by atoms with Crippen molar-refractivity contribution in [2.24, 2.45) is 0 Å². The van der Waals surface area contributed by atoms with Gasteiger partial charge in [-0.25, -0.2) is 0 Å². The van der Waals surface area contributed by atoms with Gasteiger partial charge in [0.15, 0.2) is 0 Å². The number of nitrogens with zero attached hydrogens (tertiary/aromatic N) is 5. The molecule has 2 aromatic heterocycles. The van der Waals surface area contributed by atoms with Gasteiger partial charge >= 0.3 is 0 Å². The van der Waals surface area contributed by atoms with E-state index < -0.39 is 0 Å². The molecule has 0 atom stereocenters. The van der Waals surface area contributed by atoms with Crippen LogP contribution >= 0.6 is 57.5 Å². The zero-order valence-electron chi connectivity index (χ0n) is 93.6. The maximum absolute atomic E-state index is 8.15. The van der Waals surface area contributed by atoms with Gasteiger partial charge in [-0.1, -0.05) is 382 Å². The summed E-state index contributed by atoms with van der Waals surface area (Å²) >= 11 is 25.0. The molecule has 0 fully saturated rings. The number of anilines is 15. The number of aryl methyl sites for hydroxylation is 6. The summed E-state index contributed by atoms with van der Waals surface area (Å²) in [6.07, 6.45) is 0.913. The van der Waals surface area contributed by atoms with Crippen molar-refractivity contribution in [1.82, 2.24) is 0 Å². The Kier molecular flexibility index (Phi) is 31.6. The van der Waals surface area contributed by atoms with Gasteiger partial charge in [-0.15, -0.1) is 22.7 Å². The zero-order chi connectivity index (χ0) is 106. The quantitative estimate of drug-likeness (QED) is 0.0900. The summed E-state index contributed by atoms with van der Waals surface area (Å²) < 4.78 is 2.50. The van der Waals surface area contributed by atoms with Crippen molar-refractivity contribution in [2.45, 2.75) is 310 Å². The highest BCUT2D eigenvalue weighted by atomic mass is 35.5. The molecule has 0 spiro atoms. The van der Waals surface area contributed by atoms with Crippen LogP contribution in [0, 0.1) is 41.5 Å². The van der Waals surface area contributed by atoms with E-state index in [9.17, 15) is 0 Å². The molecule has 14 aromatic carbocycles. The van der Waals surface area contributed by atoms with Gasteiger partial charge in [-0.3, -0.25) is 0 Å². The SMILES string of the molecule is Cc1cc(C(C)(C)C)cc(C)c1N(c1ccc(C(C)(C)C)cc1)c1cccc(Cc2ccc(C(C)(C)C)cc2)c1.Cc1cc(Cl)c(Cl)c(N(c2ccc(C(C)(C)C)cc2)c2csc3ccc(C(C)(C)C)cc23)c1.Cc1cc(N(c2ccc(C(C)(C)C)cc2)c2cccc(N(c3ccc(C(C)(C)C)cc3)c3c(C)cc(C(C)(C)C)cc3C)c2)c(Cl)c(N(c2ccc(C(C)(C)C)cc2)c2csc3ccc(C(C)(C)C)cc23)c1. The van der Waals surface area contributed by atoms with Crippen molar-refractivity contribution in [3.8, 4) is 0 Å². The molecular weight excluding hydrogens is 1860 g/mol. The molecule has 2 heterocycles. The van der Waals surface area contributed by atoms with E-state index >= 15 is 0 Å². The molecule has 5 nitrogen and oxygen atoms in total. The molecule has 10 heteroatoms. The summed E-state index contributed by atoms with van der Waals surface area (Å²) in [6.45, 7) is 81.5. The predicted octanol–water partition coefficient (Wildman–Crippen LogP) is 43.2. The van der Waals surface area contributed by atoms with Crippen LogP contribution in [-0.4, -0.2) is 0 Å². The molecule has 0 N–H and O–H groups in total. The molecule has 0 unspecified atom stereocenters. The Morgan fingerprint density at radius 1 is 0.207 bits per heavy atom. The third-order valence-electron chi connectivity index (χ3n) is 28.2. The van der Waals surface area contributed by atoms with Gasteiger partial charge in [-0.05, 0) is 342 Å². The Morgan fingerprint density at radius 2 is 0.462 bits per heavy atom. The highest BCUT2D eigenvalue weighted by Gasteiger charge is 2.33. The van der Waals surface area contributed by atoms with Gasteiger partial charge in [-0.2, -0.15) is 0 Å². The summed E-state index contributed by atoms with van der Waals surface area (Å²) in [5.41, 5.74) is 39.8. The minimum Gasteiger partial charge on any atom is -0.310 e. The summed E-state index contributed by atoms with van der Waals surface area (Å²) in [7, 11) is 0. The molecule has 0 radical (unpaired) electrons. The van der Waals surface area contributed by atoms with E-state index in [2.05, 4.69) is 558 Å². The van der Waals surface area contributed by atoms with Gasteiger partial charge in [0.25, 0.3) is 0 Å². The Bertz CT molecular complexity index is 7260. The van der Waals surface area contributed by atoms with E-state index in [0.717, 1.165) is 80.1 Å². The first kappa shape index (κ1) is 110. The standard InChI is InChI=1S/C67H78ClN3S.C39H49N.C29H31Cl2NS/c1-43-36-57(61(68)58(37-43)71(53-33-26-48(27-34-53)65(10,11)12)59-42-72-60-35-28-49(40-56(59)60)66(13,14)15)69(51-29-22-46(23-30-51)63(4,5)6)54-20-19-21-55(41-54)70(52-31-24-47(25-32-52)64(7,8)9)62-44(2)38-50(39-45(62)3)67(16,17)18;1-27-23-33(39(9,10)11)24-28(2)36(27)40(34-21-19-32(20-22-34)38(6,7)8)35-14-12-13-30(26-35)25-29-15-17-31(18-16-29)37(3,4)5;1-18-14-23(30)27(31)24(15-18)32(21-11-8-19(9-12-21)28(2,3)4)25-17-33-26-13-10-20(16-22(25)26)29(5,6)7/h19-42H,1-18H3;12-24,26H,25H2,1-11H3;8-17H,1-7H3. The Morgan fingerprint density at radius 3 is 0.779 bits per heavy atom. The van der Waals surface area contributed by atoms with Gasteiger partial charge in [0.2, 0.25) is 0 Å². The molecule has 0 aliphatic heterocycles. The van der Waals surface area contributed by atoms with Crippen molar-refractivity contribution >= 4 is 163 Å². The molecule has 16 rings (SSSR count). The number of hydrogen-bond acceptors (Lipinski definition) is 7. The first-order chi connectivity index (χ1) is 67.4. The average molecular weight is 2020 g/mol. The van der Waals surface area contributed by atoms with Crippen LogP contribution in [0.25, 0.3) is 20.2 Å². The lowest BCUT2D eigenvalue weighted by Crippen LogP contribution is -2.18. The van der Waals surface area contributed by atoms with Gasteiger partial charge in [0.05, 0.1) is 54.9 Å². The van der Waals surface area contributed by atoms with E-state index in [1.165, 1.54) is 132 Å². The fourth-order valence-electron chi connectivity index (χ4n) is 19.3. The number of rotatable bonds is 17. The zero-order valence-corrected chi connectivity index (χ0v) is 97.5. The number of benzene rings is 14. The highest BCUT2D eigenvalue weighted by molar-refractivity contribution is 7.18. The smallest absolute Gasteiger partial charge is 0.0887 e. The first-order valence-corrected chi connectivity index (χ1v) is 54.6. The molecule has 16 aromatic rings. The van der Waals surface area contributed by atoms with Crippen LogP contribution < -0.4 is 24.5 Å². The van der Waals surface area contributed by atoms with E-state index in [1.807, 2.05) is 6.07 Å². The number of thiophene rings is 2. The molecule has 145 heavy (non-hydrogen) atoms. The van der Waals surface area contributed by atoms with E-state index in [-0.39, 0.29) is 54.1 Å². The molecule has 756 valence electrons. The molecule has 0 aliphatic rings. The molecule has 0 amide bonds. The van der Waals surface area contributed by atoms with Crippen LogP contribution in [0.4, 0.5) is 85.3 Å². The number of halogens is 3. The molecule has 0 saturated heterocycles. The fourth-order valence-corrected chi connectivity index (χ4v) is 21.8. The number of fused-ring (bicyclic) bond motifs is 2. The normalized spacial score (nSPS) is 12.5. The monoisotopic (exact) mass is 2020 g/mol. The lowest BCUT2D eigenvalue weighted by Gasteiger charge is -2.34. The van der Waals surface area contributed by atoms with Crippen LogP contribution in [0.1, 0.15) is 308 Å². The maximum Gasteiger partial charge on any atom is 0.0887 e. The minimum atomic E-state index is -0.0168. The molecular formula is C135H158Cl3N5S2. The van der Waals surface area contributed by atoms with Crippen LogP contribution in [-0.2, 0) is 60.6 Å². The second kappa shape index (κ2) is 41.9. The molecule has 0 bridgehead atoms. The Labute approximate surface area is 895 Å². The van der Waals surface area contributed by atoms with Gasteiger partial charge < -0.3 is 24.5 Å². The predicted molar refractivity (Wildman–Crippen MR) is 643 cm³/mol. The average Bonchev–Trinajstić information content (AvgIpc) is 1.54. The first-order valence-electron chi connectivity index (χ1n) is 51.8. The highest BCUT2D eigenvalue weighted by Crippen LogP contribution is 2.55. The van der Waals surface area contributed by atoms with Crippen molar-refractivity contribution in [2.75, 3.05) is 24.5 Å². The summed E-state index contributed by atoms with van der Waals surface area (Å²) in [5, 5.41) is 8.76. The third kappa shape index (κ3) is 25.1. The van der Waals surface area contributed by atoms with E-state index in [4.69, 9.17) is 34.8 Å². The van der Waals surface area contributed by atoms with Crippen molar-refractivity contribution in [3.05, 3.63) is 405 Å². The molecule has 0 aliphatic carbocycles. The van der Waals surface area contributed by atoms with Gasteiger partial charge in [0.1, 0.15) is 0 Å². The minimum absolute atomic E-state index is 0.00447.